The summed E-state index contributed by atoms with van der Waals surface area (Å²) in [4.78, 5) is 0. The molecule has 6 aliphatic rings. The lowest BCUT2D eigenvalue weighted by atomic mass is 9.79. The van der Waals surface area contributed by atoms with Crippen molar-refractivity contribution in [1.29, 1.82) is 0 Å². The fraction of sp³-hybridized carbons (Fsp3) is 0.156. The van der Waals surface area contributed by atoms with Crippen LogP contribution < -0.4 is 27.9 Å². The Morgan fingerprint density at radius 1 is 0.301 bits per heavy atom. The fourth-order valence-electron chi connectivity index (χ4n) is 15.9. The highest BCUT2D eigenvalue weighted by Crippen LogP contribution is 2.59. The lowest BCUT2D eigenvalue weighted by Crippen LogP contribution is -2.42. The summed E-state index contributed by atoms with van der Waals surface area (Å²) in [6.45, 7) is 15.8. The second-order valence-electron chi connectivity index (χ2n) is 25.4. The molecule has 0 unspecified atom stereocenters. The number of hydrogen-bond donors (Lipinski definition) is 0. The summed E-state index contributed by atoms with van der Waals surface area (Å²) in [5.41, 5.74) is 18.5. The zero-order valence-corrected chi connectivity index (χ0v) is 47.3. The standard InChI is InChI=1S/2C27H20NO.C23H18NO/c2*1-27(2)21-13-18-9-5-6-10-22(18)28-15-29-23-14-19-11-16-7-3-4-8-17(16)12-20(19)25(27)24(23)26(21)28;1-23(2)18-8-5-9-24-13-25-19-12-16-10-14-6-3-4-7-15(14)11-17(16)21(23)20(19)22(18)24/h2*3-14H,15H2,1-2H3;3-12H,13H2,1-2H3/q3*+1. The number of rotatable bonds is 0. The van der Waals surface area contributed by atoms with Gasteiger partial charge in [0.15, 0.2) is 6.20 Å². The third kappa shape index (κ3) is 6.30. The molecule has 3 aromatic heterocycles. The van der Waals surface area contributed by atoms with Crippen molar-refractivity contribution >= 4 is 86.4 Å². The Kier molecular flexibility index (Phi) is 9.23. The molecule has 6 heterocycles. The van der Waals surface area contributed by atoms with Gasteiger partial charge in [-0.05, 0) is 166 Å². The number of fused-ring (bicyclic) bond motifs is 13. The summed E-state index contributed by atoms with van der Waals surface area (Å²) in [7, 11) is 0. The molecule has 0 atom stereocenters. The molecule has 11 aromatic carbocycles. The number of benzene rings is 11. The Morgan fingerprint density at radius 3 is 1.05 bits per heavy atom. The number of pyridine rings is 3. The van der Waals surface area contributed by atoms with E-state index < -0.39 is 0 Å². The number of aromatic nitrogens is 3. The number of para-hydroxylation sites is 2. The van der Waals surface area contributed by atoms with Gasteiger partial charge in [-0.1, -0.05) is 139 Å². The second kappa shape index (κ2) is 16.3. The quantitative estimate of drug-likeness (QED) is 0.112. The number of nitrogens with zero attached hydrogens (tertiary/aromatic N) is 3. The summed E-state index contributed by atoms with van der Waals surface area (Å²) >= 11 is 0. The van der Waals surface area contributed by atoms with Crippen molar-refractivity contribution in [3.63, 3.8) is 0 Å². The van der Waals surface area contributed by atoms with Crippen molar-refractivity contribution < 1.29 is 27.9 Å². The first-order valence-corrected chi connectivity index (χ1v) is 29.2. The van der Waals surface area contributed by atoms with Crippen LogP contribution in [-0.4, -0.2) is 0 Å². The fourth-order valence-corrected chi connectivity index (χ4v) is 15.9. The normalized spacial score (nSPS) is 15.8. The van der Waals surface area contributed by atoms with Gasteiger partial charge in [0.1, 0.15) is 17.2 Å². The number of hydrogen-bond acceptors (Lipinski definition) is 3. The average Bonchev–Trinajstić information content (AvgIpc) is 1.75. The first-order valence-electron chi connectivity index (χ1n) is 29.2. The van der Waals surface area contributed by atoms with Gasteiger partial charge in [-0.15, -0.1) is 0 Å². The topological polar surface area (TPSA) is 39.3 Å². The minimum absolute atomic E-state index is 0.0297. The van der Waals surface area contributed by atoms with Gasteiger partial charge in [-0.25, -0.2) is 0 Å². The molecule has 0 N–H and O–H groups in total. The van der Waals surface area contributed by atoms with E-state index in [1.807, 2.05) is 0 Å². The lowest BCUT2D eigenvalue weighted by molar-refractivity contribution is -0.717. The van der Waals surface area contributed by atoms with Gasteiger partial charge in [-0.2, -0.15) is 13.7 Å². The Hall–Kier alpha value is -9.65. The van der Waals surface area contributed by atoms with E-state index in [1.165, 1.54) is 154 Å². The molecule has 6 nitrogen and oxygen atoms in total. The summed E-state index contributed by atoms with van der Waals surface area (Å²) < 4.78 is 25.8. The van der Waals surface area contributed by atoms with Crippen LogP contribution in [0.5, 0.6) is 17.2 Å². The molecule has 3 aliphatic carbocycles. The maximum Gasteiger partial charge on any atom is 0.293 e. The average molecular weight is 1070 g/mol. The maximum atomic E-state index is 6.35. The minimum Gasteiger partial charge on any atom is -0.435 e. The van der Waals surface area contributed by atoms with E-state index >= 15 is 0 Å². The summed E-state index contributed by atoms with van der Waals surface area (Å²) in [5.74, 6) is 3.06. The minimum atomic E-state index is -0.0825. The molecule has 0 radical (unpaired) electrons. The first-order chi connectivity index (χ1) is 40.4. The first kappa shape index (κ1) is 47.0. The van der Waals surface area contributed by atoms with E-state index in [0.717, 1.165) is 17.2 Å². The molecule has 0 fully saturated rings. The Balaban J connectivity index is 0.0000000954. The Bertz CT molecular complexity index is 5090. The van der Waals surface area contributed by atoms with Gasteiger partial charge in [0.05, 0.1) is 16.7 Å². The van der Waals surface area contributed by atoms with Crippen molar-refractivity contribution in [2.75, 3.05) is 0 Å². The Morgan fingerprint density at radius 2 is 0.639 bits per heavy atom. The van der Waals surface area contributed by atoms with Crippen LogP contribution in [-0.2, 0) is 36.4 Å². The largest absolute Gasteiger partial charge is 0.435 e. The summed E-state index contributed by atoms with van der Waals surface area (Å²) in [5, 5.41) is 18.1. The smallest absolute Gasteiger partial charge is 0.293 e. The van der Waals surface area contributed by atoms with Crippen LogP contribution in [0.1, 0.15) is 74.9 Å². The highest BCUT2D eigenvalue weighted by molar-refractivity contribution is 6.09. The summed E-state index contributed by atoms with van der Waals surface area (Å²) in [6, 6.07) is 73.0. The van der Waals surface area contributed by atoms with E-state index in [9.17, 15) is 0 Å². The molecule has 0 spiro atoms. The molecule has 14 aromatic rings. The Labute approximate surface area is 480 Å². The molecular formula is C77H58N3O3+3. The molecule has 0 amide bonds. The van der Waals surface area contributed by atoms with Crippen molar-refractivity contribution in [3.8, 4) is 51.0 Å². The van der Waals surface area contributed by atoms with Gasteiger partial charge in [0, 0.05) is 61.9 Å². The predicted molar refractivity (Wildman–Crippen MR) is 335 cm³/mol. The third-order valence-corrected chi connectivity index (χ3v) is 19.7. The molecule has 0 saturated heterocycles. The molecule has 0 saturated carbocycles. The molecule has 20 rings (SSSR count). The van der Waals surface area contributed by atoms with Gasteiger partial charge < -0.3 is 14.2 Å². The van der Waals surface area contributed by atoms with Gasteiger partial charge in [0.2, 0.25) is 28.1 Å². The third-order valence-electron chi connectivity index (χ3n) is 19.7. The van der Waals surface area contributed by atoms with Crippen molar-refractivity contribution in [2.24, 2.45) is 0 Å². The highest BCUT2D eigenvalue weighted by atomic mass is 16.5. The molecule has 396 valence electrons. The van der Waals surface area contributed by atoms with Crippen molar-refractivity contribution in [1.82, 2.24) is 0 Å². The van der Waals surface area contributed by atoms with E-state index in [1.54, 1.807) is 0 Å². The van der Waals surface area contributed by atoms with Crippen molar-refractivity contribution in [3.05, 3.63) is 240 Å². The monoisotopic (exact) mass is 1070 g/mol. The maximum absolute atomic E-state index is 6.35. The molecular weight excluding hydrogens is 1010 g/mol. The van der Waals surface area contributed by atoms with E-state index in [2.05, 4.69) is 262 Å². The molecule has 3 aliphatic heterocycles. The summed E-state index contributed by atoms with van der Waals surface area (Å²) in [6.07, 6.45) is 2.12. The van der Waals surface area contributed by atoms with E-state index in [-0.39, 0.29) is 16.2 Å². The molecule has 83 heavy (non-hydrogen) atoms. The van der Waals surface area contributed by atoms with Crippen LogP contribution in [0.15, 0.2) is 206 Å². The van der Waals surface area contributed by atoms with Crippen LogP contribution in [0.2, 0.25) is 0 Å². The van der Waals surface area contributed by atoms with Crippen LogP contribution in [0, 0.1) is 0 Å². The van der Waals surface area contributed by atoms with Crippen LogP contribution in [0.3, 0.4) is 0 Å². The van der Waals surface area contributed by atoms with Crippen molar-refractivity contribution in [2.45, 2.75) is 78.0 Å². The highest BCUT2D eigenvalue weighted by Gasteiger charge is 2.50. The van der Waals surface area contributed by atoms with Gasteiger partial charge in [0.25, 0.3) is 20.2 Å². The van der Waals surface area contributed by atoms with E-state index in [0.29, 0.717) is 20.2 Å². The zero-order valence-electron chi connectivity index (χ0n) is 47.3. The van der Waals surface area contributed by atoms with E-state index in [4.69, 9.17) is 14.2 Å². The predicted octanol–water partition coefficient (Wildman–Crippen LogP) is 17.1. The molecule has 6 heteroatoms. The lowest BCUT2D eigenvalue weighted by Gasteiger charge is -2.22. The number of ether oxygens (including phenoxy) is 3. The van der Waals surface area contributed by atoms with Gasteiger partial charge in [-0.3, -0.25) is 0 Å². The second-order valence-corrected chi connectivity index (χ2v) is 25.4. The van der Waals surface area contributed by atoms with Crippen LogP contribution in [0.4, 0.5) is 0 Å². The SMILES string of the molecule is CC1(C)c2cc3ccccc3[n+]3c2-c2c(cc4cc5ccccc5cc4c21)OC3.CC1(C)c2cc3ccccc3[n+]3c2-c2c(cc4cc5ccccc5cc4c21)OC3.CC1(C)c2ccc[n+]3c2-c2c(cc4cc5ccccc5cc4c21)OC3. The molecule has 0 bridgehead atoms. The van der Waals surface area contributed by atoms with Crippen LogP contribution >= 0.6 is 0 Å². The zero-order chi connectivity index (χ0) is 55.4. The van der Waals surface area contributed by atoms with Gasteiger partial charge >= 0.3 is 0 Å². The van der Waals surface area contributed by atoms with Crippen LogP contribution in [0.25, 0.3) is 120 Å².